The molecule has 1 aliphatic rings. The van der Waals surface area contributed by atoms with Gasteiger partial charge in [-0.2, -0.15) is 5.10 Å². The first-order valence-corrected chi connectivity index (χ1v) is 8.39. The maximum Gasteiger partial charge on any atom is 0.181 e. The molecule has 4 rings (SSSR count). The second-order valence-corrected chi connectivity index (χ2v) is 6.40. The summed E-state index contributed by atoms with van der Waals surface area (Å²) in [4.78, 5) is 11.2. The molecule has 0 saturated carbocycles. The minimum Gasteiger partial charge on any atom is -0.497 e. The molecule has 1 saturated heterocycles. The van der Waals surface area contributed by atoms with E-state index in [1.807, 2.05) is 36.0 Å². The van der Waals surface area contributed by atoms with Gasteiger partial charge in [-0.05, 0) is 29.8 Å². The summed E-state index contributed by atoms with van der Waals surface area (Å²) in [6, 6.07) is 12.1. The maximum atomic E-state index is 5.29. The van der Waals surface area contributed by atoms with E-state index in [2.05, 4.69) is 27.1 Å². The number of likely N-dealkylation sites (tertiary alicyclic amines) is 1. The molecular formula is C19H21N5O. The van der Waals surface area contributed by atoms with E-state index in [0.717, 1.165) is 42.6 Å². The van der Waals surface area contributed by atoms with Crippen LogP contribution in [0, 0.1) is 0 Å². The molecule has 0 amide bonds. The Kier molecular flexibility index (Phi) is 4.19. The van der Waals surface area contributed by atoms with Gasteiger partial charge in [0.15, 0.2) is 5.82 Å². The van der Waals surface area contributed by atoms with Crippen molar-refractivity contribution >= 4 is 0 Å². The molecule has 1 aliphatic heterocycles. The predicted octanol–water partition coefficient (Wildman–Crippen LogP) is 2.49. The van der Waals surface area contributed by atoms with Gasteiger partial charge in [0, 0.05) is 50.6 Å². The van der Waals surface area contributed by atoms with Crippen molar-refractivity contribution in [1.29, 1.82) is 0 Å². The van der Waals surface area contributed by atoms with Crippen LogP contribution in [0.2, 0.25) is 0 Å². The minimum atomic E-state index is 0.429. The Labute approximate surface area is 147 Å². The summed E-state index contributed by atoms with van der Waals surface area (Å²) in [5, 5.41) is 4.56. The van der Waals surface area contributed by atoms with Gasteiger partial charge >= 0.3 is 0 Å². The van der Waals surface area contributed by atoms with Crippen molar-refractivity contribution in [3.63, 3.8) is 0 Å². The standard InChI is InChI=1S/C19H21N5O/c1-23-19(21-18(22-23)15-6-8-20-9-7-15)16-12-24(13-16)11-14-4-3-5-17(10-14)25-2/h3-10,16H,11-13H2,1-2H3. The monoisotopic (exact) mass is 335 g/mol. The van der Waals surface area contributed by atoms with Crippen LogP contribution < -0.4 is 4.74 Å². The molecule has 0 bridgehead atoms. The lowest BCUT2D eigenvalue weighted by Crippen LogP contribution is -2.45. The number of hydrogen-bond acceptors (Lipinski definition) is 5. The van der Waals surface area contributed by atoms with E-state index in [1.54, 1.807) is 19.5 Å². The zero-order valence-electron chi connectivity index (χ0n) is 14.5. The van der Waals surface area contributed by atoms with Gasteiger partial charge in [-0.15, -0.1) is 0 Å². The molecule has 0 atom stereocenters. The Morgan fingerprint density at radius 2 is 1.96 bits per heavy atom. The van der Waals surface area contributed by atoms with Gasteiger partial charge in [-0.25, -0.2) is 4.98 Å². The van der Waals surface area contributed by atoms with E-state index < -0.39 is 0 Å². The van der Waals surface area contributed by atoms with Crippen molar-refractivity contribution in [3.8, 4) is 17.1 Å². The summed E-state index contributed by atoms with van der Waals surface area (Å²) < 4.78 is 7.20. The number of aromatic nitrogens is 4. The molecule has 0 aliphatic carbocycles. The zero-order valence-corrected chi connectivity index (χ0v) is 14.5. The van der Waals surface area contributed by atoms with Crippen molar-refractivity contribution in [2.24, 2.45) is 7.05 Å². The lowest BCUT2D eigenvalue weighted by atomic mass is 9.98. The molecule has 6 nitrogen and oxygen atoms in total. The van der Waals surface area contributed by atoms with Gasteiger partial charge in [0.25, 0.3) is 0 Å². The lowest BCUT2D eigenvalue weighted by Gasteiger charge is -2.38. The number of benzene rings is 1. The van der Waals surface area contributed by atoms with Crippen LogP contribution in [0.5, 0.6) is 5.75 Å². The fraction of sp³-hybridized carbons (Fsp3) is 0.316. The van der Waals surface area contributed by atoms with E-state index in [1.165, 1.54) is 5.56 Å². The van der Waals surface area contributed by atoms with Crippen LogP contribution >= 0.6 is 0 Å². The molecule has 6 heteroatoms. The lowest BCUT2D eigenvalue weighted by molar-refractivity contribution is 0.132. The molecule has 1 fully saturated rings. The first-order chi connectivity index (χ1) is 12.2. The van der Waals surface area contributed by atoms with E-state index in [0.29, 0.717) is 5.92 Å². The van der Waals surface area contributed by atoms with E-state index in [-0.39, 0.29) is 0 Å². The number of aryl methyl sites for hydroxylation is 1. The Morgan fingerprint density at radius 3 is 2.72 bits per heavy atom. The average Bonchev–Trinajstić information content (AvgIpc) is 3.00. The molecule has 3 heterocycles. The van der Waals surface area contributed by atoms with Gasteiger partial charge in [-0.3, -0.25) is 14.6 Å². The largest absolute Gasteiger partial charge is 0.497 e. The van der Waals surface area contributed by atoms with Crippen LogP contribution in [0.25, 0.3) is 11.4 Å². The van der Waals surface area contributed by atoms with Crippen molar-refractivity contribution in [3.05, 3.63) is 60.2 Å². The van der Waals surface area contributed by atoms with E-state index in [4.69, 9.17) is 9.72 Å². The first-order valence-electron chi connectivity index (χ1n) is 8.39. The number of hydrogen-bond donors (Lipinski definition) is 0. The van der Waals surface area contributed by atoms with Gasteiger partial charge < -0.3 is 4.74 Å². The quantitative estimate of drug-likeness (QED) is 0.717. The summed E-state index contributed by atoms with van der Waals surface area (Å²) in [5.41, 5.74) is 2.28. The Hall–Kier alpha value is -2.73. The third kappa shape index (κ3) is 3.25. The van der Waals surface area contributed by atoms with Crippen LogP contribution in [-0.2, 0) is 13.6 Å². The highest BCUT2D eigenvalue weighted by Gasteiger charge is 2.32. The minimum absolute atomic E-state index is 0.429. The maximum absolute atomic E-state index is 5.29. The molecule has 0 spiro atoms. The second kappa shape index (κ2) is 6.64. The van der Waals surface area contributed by atoms with Crippen molar-refractivity contribution in [2.45, 2.75) is 12.5 Å². The molecular weight excluding hydrogens is 314 g/mol. The predicted molar refractivity (Wildman–Crippen MR) is 95.2 cm³/mol. The molecule has 1 aromatic carbocycles. The van der Waals surface area contributed by atoms with Gasteiger partial charge in [0.1, 0.15) is 11.6 Å². The highest BCUT2D eigenvalue weighted by Crippen LogP contribution is 2.29. The fourth-order valence-corrected chi connectivity index (χ4v) is 3.27. The Bertz CT molecular complexity index is 855. The topological polar surface area (TPSA) is 56.1 Å². The highest BCUT2D eigenvalue weighted by molar-refractivity contribution is 5.53. The van der Waals surface area contributed by atoms with E-state index >= 15 is 0 Å². The number of rotatable bonds is 5. The second-order valence-electron chi connectivity index (χ2n) is 6.40. The van der Waals surface area contributed by atoms with E-state index in [9.17, 15) is 0 Å². The van der Waals surface area contributed by atoms with Crippen molar-refractivity contribution in [2.75, 3.05) is 20.2 Å². The molecule has 0 N–H and O–H groups in total. The number of nitrogens with zero attached hydrogens (tertiary/aromatic N) is 5. The highest BCUT2D eigenvalue weighted by atomic mass is 16.5. The van der Waals surface area contributed by atoms with Gasteiger partial charge in [-0.1, -0.05) is 12.1 Å². The van der Waals surface area contributed by atoms with Crippen LogP contribution in [0.15, 0.2) is 48.8 Å². The Morgan fingerprint density at radius 1 is 1.16 bits per heavy atom. The molecule has 25 heavy (non-hydrogen) atoms. The van der Waals surface area contributed by atoms with Crippen LogP contribution in [-0.4, -0.2) is 44.8 Å². The fourth-order valence-electron chi connectivity index (χ4n) is 3.27. The number of pyridine rings is 1. The van der Waals surface area contributed by atoms with Crippen molar-refractivity contribution < 1.29 is 4.74 Å². The molecule has 0 radical (unpaired) electrons. The van der Waals surface area contributed by atoms with Crippen LogP contribution in [0.4, 0.5) is 0 Å². The van der Waals surface area contributed by atoms with Crippen LogP contribution in [0.3, 0.4) is 0 Å². The molecule has 2 aromatic heterocycles. The third-order valence-electron chi connectivity index (χ3n) is 4.60. The SMILES string of the molecule is COc1cccc(CN2CC(c3nc(-c4ccncc4)nn3C)C2)c1. The summed E-state index contributed by atoms with van der Waals surface area (Å²) >= 11 is 0. The molecule has 3 aromatic rings. The Balaban J connectivity index is 1.41. The van der Waals surface area contributed by atoms with Gasteiger partial charge in [0.2, 0.25) is 0 Å². The smallest absolute Gasteiger partial charge is 0.181 e. The molecule has 0 unspecified atom stereocenters. The summed E-state index contributed by atoms with van der Waals surface area (Å²) in [6.45, 7) is 2.93. The van der Waals surface area contributed by atoms with Gasteiger partial charge in [0.05, 0.1) is 7.11 Å². The third-order valence-corrected chi connectivity index (χ3v) is 4.60. The number of ether oxygens (including phenoxy) is 1. The molecule has 128 valence electrons. The first kappa shape index (κ1) is 15.8. The summed E-state index contributed by atoms with van der Waals surface area (Å²) in [6.07, 6.45) is 3.54. The number of methoxy groups -OCH3 is 1. The normalized spacial score (nSPS) is 15.1. The average molecular weight is 335 g/mol. The van der Waals surface area contributed by atoms with Crippen LogP contribution in [0.1, 0.15) is 17.3 Å². The zero-order chi connectivity index (χ0) is 17.2. The van der Waals surface area contributed by atoms with Crippen molar-refractivity contribution in [1.82, 2.24) is 24.6 Å². The summed E-state index contributed by atoms with van der Waals surface area (Å²) in [5.74, 6) is 3.16. The summed E-state index contributed by atoms with van der Waals surface area (Å²) in [7, 11) is 3.67.